The highest BCUT2D eigenvalue weighted by molar-refractivity contribution is 5.99. The molecular weight excluding hydrogens is 467 g/mol. The molecule has 1 amide bonds. The summed E-state index contributed by atoms with van der Waals surface area (Å²) in [6.07, 6.45) is 5.74. The van der Waals surface area contributed by atoms with Gasteiger partial charge in [0.25, 0.3) is 5.91 Å². The first-order valence-corrected chi connectivity index (χ1v) is 12.4. The summed E-state index contributed by atoms with van der Waals surface area (Å²) in [6, 6.07) is 12.1. The standard InChI is InChI=1S/C29H29FN6O/c1-19-14-22(30)5-7-24(19)21-15-26(28(31)37)29(34-18-21)36-12-10-35(11-13-36)9-3-4-20-17-33-27-8-6-23(32-2)16-25(20)27/h5-8,14-18,33H,3-4,9-13H2,1H3,(H2,31,37). The van der Waals surface area contributed by atoms with Crippen molar-refractivity contribution in [1.29, 1.82) is 0 Å². The fourth-order valence-corrected chi connectivity index (χ4v) is 5.11. The molecule has 2 aromatic heterocycles. The largest absolute Gasteiger partial charge is 0.365 e. The highest BCUT2D eigenvalue weighted by Crippen LogP contribution is 2.29. The number of hydrogen-bond donors (Lipinski definition) is 2. The van der Waals surface area contributed by atoms with E-state index in [1.54, 1.807) is 18.3 Å². The molecule has 3 heterocycles. The molecule has 37 heavy (non-hydrogen) atoms. The predicted molar refractivity (Wildman–Crippen MR) is 144 cm³/mol. The zero-order chi connectivity index (χ0) is 25.9. The van der Waals surface area contributed by atoms with E-state index >= 15 is 0 Å². The van der Waals surface area contributed by atoms with Gasteiger partial charge < -0.3 is 15.6 Å². The summed E-state index contributed by atoms with van der Waals surface area (Å²) >= 11 is 0. The molecule has 5 rings (SSSR count). The molecule has 1 aliphatic rings. The van der Waals surface area contributed by atoms with Gasteiger partial charge in [0, 0.05) is 49.7 Å². The van der Waals surface area contributed by atoms with Gasteiger partial charge in [-0.25, -0.2) is 14.2 Å². The summed E-state index contributed by atoms with van der Waals surface area (Å²) in [5.74, 6) is -0.216. The number of nitrogens with one attached hydrogen (secondary N) is 1. The third-order valence-corrected chi connectivity index (χ3v) is 7.10. The lowest BCUT2D eigenvalue weighted by molar-refractivity contribution is 0.1000. The molecule has 7 nitrogen and oxygen atoms in total. The third kappa shape index (κ3) is 5.18. The molecule has 8 heteroatoms. The van der Waals surface area contributed by atoms with Crippen LogP contribution in [0.5, 0.6) is 0 Å². The number of rotatable bonds is 7. The molecule has 1 aliphatic heterocycles. The fourth-order valence-electron chi connectivity index (χ4n) is 5.11. The van der Waals surface area contributed by atoms with Gasteiger partial charge >= 0.3 is 0 Å². The first-order chi connectivity index (χ1) is 17.9. The topological polar surface area (TPSA) is 82.6 Å². The molecule has 1 fully saturated rings. The van der Waals surface area contributed by atoms with E-state index in [2.05, 4.69) is 24.6 Å². The van der Waals surface area contributed by atoms with Gasteiger partial charge in [-0.3, -0.25) is 9.69 Å². The number of fused-ring (bicyclic) bond motifs is 1. The Kier molecular flexibility index (Phi) is 6.89. The zero-order valence-corrected chi connectivity index (χ0v) is 20.8. The van der Waals surface area contributed by atoms with Gasteiger partial charge in [-0.15, -0.1) is 0 Å². The van der Waals surface area contributed by atoms with E-state index < -0.39 is 5.91 Å². The van der Waals surface area contributed by atoms with Crippen molar-refractivity contribution in [1.82, 2.24) is 14.9 Å². The summed E-state index contributed by atoms with van der Waals surface area (Å²) in [6.45, 7) is 13.3. The van der Waals surface area contributed by atoms with Gasteiger partial charge in [-0.2, -0.15) is 0 Å². The van der Waals surface area contributed by atoms with Gasteiger partial charge in [0.2, 0.25) is 0 Å². The Labute approximate surface area is 215 Å². The number of piperazine rings is 1. The van der Waals surface area contributed by atoms with E-state index in [-0.39, 0.29) is 5.82 Å². The lowest BCUT2D eigenvalue weighted by atomic mass is 10.00. The minimum atomic E-state index is -0.522. The Bertz CT molecular complexity index is 1500. The Balaban J connectivity index is 1.21. The Morgan fingerprint density at radius 1 is 1.16 bits per heavy atom. The minimum Gasteiger partial charge on any atom is -0.365 e. The number of hydrogen-bond acceptors (Lipinski definition) is 4. The second-order valence-corrected chi connectivity index (χ2v) is 9.51. The number of carbonyl (C=O) groups excluding carboxylic acids is 1. The Morgan fingerprint density at radius 3 is 2.70 bits per heavy atom. The van der Waals surface area contributed by atoms with E-state index in [1.807, 2.05) is 31.3 Å². The number of aromatic amines is 1. The van der Waals surface area contributed by atoms with E-state index in [1.165, 1.54) is 17.7 Å². The summed E-state index contributed by atoms with van der Waals surface area (Å²) in [4.78, 5) is 28.3. The van der Waals surface area contributed by atoms with Crippen molar-refractivity contribution in [3.8, 4) is 11.1 Å². The summed E-state index contributed by atoms with van der Waals surface area (Å²) in [5, 5.41) is 1.13. The van der Waals surface area contributed by atoms with E-state index in [4.69, 9.17) is 12.3 Å². The number of anilines is 1. The van der Waals surface area contributed by atoms with Gasteiger partial charge in [-0.05, 0) is 78.7 Å². The first-order valence-electron chi connectivity index (χ1n) is 12.4. The van der Waals surface area contributed by atoms with Crippen molar-refractivity contribution in [2.24, 2.45) is 5.73 Å². The van der Waals surface area contributed by atoms with Gasteiger partial charge in [0.05, 0.1) is 12.1 Å². The van der Waals surface area contributed by atoms with Crippen LogP contribution in [0.2, 0.25) is 0 Å². The molecule has 0 unspecified atom stereocenters. The number of nitrogens with zero attached hydrogens (tertiary/aromatic N) is 4. The van der Waals surface area contributed by atoms with Crippen LogP contribution in [0, 0.1) is 19.3 Å². The number of nitrogens with two attached hydrogens (primary N) is 1. The van der Waals surface area contributed by atoms with Crippen LogP contribution in [0.25, 0.3) is 26.9 Å². The average molecular weight is 497 g/mol. The summed E-state index contributed by atoms with van der Waals surface area (Å²) in [7, 11) is 0. The predicted octanol–water partition coefficient (Wildman–Crippen LogP) is 5.08. The highest BCUT2D eigenvalue weighted by Gasteiger charge is 2.23. The molecule has 0 saturated carbocycles. The van der Waals surface area contributed by atoms with Crippen molar-refractivity contribution >= 4 is 28.3 Å². The number of amides is 1. The van der Waals surface area contributed by atoms with Crippen molar-refractivity contribution < 1.29 is 9.18 Å². The van der Waals surface area contributed by atoms with Crippen molar-refractivity contribution in [2.45, 2.75) is 19.8 Å². The number of aromatic nitrogens is 2. The second-order valence-electron chi connectivity index (χ2n) is 9.51. The van der Waals surface area contributed by atoms with Crippen LogP contribution in [0.4, 0.5) is 15.9 Å². The molecule has 0 aliphatic carbocycles. The normalized spacial score (nSPS) is 14.1. The van der Waals surface area contributed by atoms with Crippen LogP contribution in [0.3, 0.4) is 0 Å². The van der Waals surface area contributed by atoms with Crippen molar-refractivity contribution in [3.05, 3.63) is 88.8 Å². The van der Waals surface area contributed by atoms with E-state index in [0.717, 1.165) is 73.2 Å². The van der Waals surface area contributed by atoms with Crippen LogP contribution in [-0.2, 0) is 6.42 Å². The number of halogens is 1. The maximum absolute atomic E-state index is 13.5. The molecule has 0 bridgehead atoms. The number of primary amides is 1. The quantitative estimate of drug-likeness (QED) is 0.350. The second kappa shape index (κ2) is 10.4. The molecular formula is C29H29FN6O. The van der Waals surface area contributed by atoms with Crippen LogP contribution < -0.4 is 10.6 Å². The molecule has 0 radical (unpaired) electrons. The number of carbonyl (C=O) groups is 1. The minimum absolute atomic E-state index is 0.297. The maximum Gasteiger partial charge on any atom is 0.252 e. The lowest BCUT2D eigenvalue weighted by Gasteiger charge is -2.36. The summed E-state index contributed by atoms with van der Waals surface area (Å²) in [5.41, 5.74) is 11.4. The molecule has 0 atom stereocenters. The van der Waals surface area contributed by atoms with Crippen molar-refractivity contribution in [3.63, 3.8) is 0 Å². The third-order valence-electron chi connectivity index (χ3n) is 7.10. The molecule has 3 N–H and O–H groups in total. The Morgan fingerprint density at radius 2 is 1.97 bits per heavy atom. The summed E-state index contributed by atoms with van der Waals surface area (Å²) < 4.78 is 13.5. The van der Waals surface area contributed by atoms with Gasteiger partial charge in [0.1, 0.15) is 11.6 Å². The number of pyridine rings is 1. The van der Waals surface area contributed by atoms with Gasteiger partial charge in [0.15, 0.2) is 5.69 Å². The van der Waals surface area contributed by atoms with Crippen LogP contribution >= 0.6 is 0 Å². The monoisotopic (exact) mass is 496 g/mol. The van der Waals surface area contributed by atoms with Gasteiger partial charge in [-0.1, -0.05) is 12.1 Å². The SMILES string of the molecule is [C-]#[N+]c1ccc2[nH]cc(CCCN3CCN(c4ncc(-c5ccc(F)cc5C)cc4C(N)=O)CC3)c2c1. The first kappa shape index (κ1) is 24.5. The Hall–Kier alpha value is -4.22. The molecule has 4 aromatic rings. The molecule has 0 spiro atoms. The number of H-pyrrole nitrogens is 1. The number of benzene rings is 2. The fraction of sp³-hybridized carbons (Fsp3) is 0.276. The lowest BCUT2D eigenvalue weighted by Crippen LogP contribution is -2.47. The van der Waals surface area contributed by atoms with Crippen molar-refractivity contribution in [2.75, 3.05) is 37.6 Å². The van der Waals surface area contributed by atoms with E-state index in [9.17, 15) is 9.18 Å². The average Bonchev–Trinajstić information content (AvgIpc) is 3.31. The molecule has 1 saturated heterocycles. The maximum atomic E-state index is 13.5. The molecule has 2 aromatic carbocycles. The van der Waals surface area contributed by atoms with E-state index in [0.29, 0.717) is 17.1 Å². The zero-order valence-electron chi connectivity index (χ0n) is 20.8. The molecule has 188 valence electrons. The smallest absolute Gasteiger partial charge is 0.252 e. The van der Waals surface area contributed by atoms with Crippen LogP contribution in [0.15, 0.2) is 54.9 Å². The van der Waals surface area contributed by atoms with Crippen LogP contribution in [0.1, 0.15) is 27.9 Å². The highest BCUT2D eigenvalue weighted by atomic mass is 19.1. The number of aryl methyl sites for hydroxylation is 2. The van der Waals surface area contributed by atoms with Crippen LogP contribution in [-0.4, -0.2) is 53.5 Å².